The van der Waals surface area contributed by atoms with Gasteiger partial charge in [0.05, 0.1) is 23.4 Å². The van der Waals surface area contributed by atoms with Crippen molar-refractivity contribution in [1.29, 1.82) is 0 Å². The van der Waals surface area contributed by atoms with Crippen LogP contribution in [-0.4, -0.2) is 25.5 Å². The summed E-state index contributed by atoms with van der Waals surface area (Å²) >= 11 is 6.03. The Morgan fingerprint density at radius 3 is 2.56 bits per heavy atom. The van der Waals surface area contributed by atoms with Crippen LogP contribution in [0.15, 0.2) is 36.4 Å². The number of rotatable bonds is 6. The molecule has 0 aromatic heterocycles. The average molecular weight is 369 g/mol. The van der Waals surface area contributed by atoms with Gasteiger partial charge in [-0.05, 0) is 30.3 Å². The fraction of sp³-hybridized carbons (Fsp3) is 0.176. The third-order valence-electron chi connectivity index (χ3n) is 3.26. The van der Waals surface area contributed by atoms with Crippen molar-refractivity contribution in [1.82, 2.24) is 0 Å². The highest BCUT2D eigenvalue weighted by Gasteiger charge is 2.10. The van der Waals surface area contributed by atoms with E-state index in [9.17, 15) is 18.4 Å². The van der Waals surface area contributed by atoms with Crippen molar-refractivity contribution in [2.45, 2.75) is 6.42 Å². The Hall–Kier alpha value is -2.67. The molecule has 0 aliphatic carbocycles. The van der Waals surface area contributed by atoms with Crippen molar-refractivity contribution in [2.75, 3.05) is 24.3 Å². The van der Waals surface area contributed by atoms with E-state index in [1.165, 1.54) is 31.4 Å². The van der Waals surface area contributed by atoms with E-state index in [4.69, 9.17) is 11.6 Å². The quantitative estimate of drug-likeness (QED) is 0.760. The number of benzene rings is 2. The molecule has 0 heterocycles. The van der Waals surface area contributed by atoms with Crippen LogP contribution in [0.4, 0.5) is 20.2 Å². The summed E-state index contributed by atoms with van der Waals surface area (Å²) in [6.45, 7) is 0.222. The van der Waals surface area contributed by atoms with Crippen molar-refractivity contribution in [2.24, 2.45) is 0 Å². The van der Waals surface area contributed by atoms with Crippen LogP contribution in [0.1, 0.15) is 16.8 Å². The topological polar surface area (TPSA) is 67.4 Å². The molecule has 0 atom stereocenters. The molecule has 132 valence electrons. The summed E-state index contributed by atoms with van der Waals surface area (Å²) in [6.07, 6.45) is 0.0533. The molecule has 8 heteroatoms. The first-order valence-corrected chi connectivity index (χ1v) is 7.65. The second kappa shape index (κ2) is 8.43. The molecule has 2 aromatic carbocycles. The zero-order valence-corrected chi connectivity index (χ0v) is 14.0. The summed E-state index contributed by atoms with van der Waals surface area (Å²) in [7, 11) is 1.27. The Balaban J connectivity index is 1.90. The van der Waals surface area contributed by atoms with E-state index >= 15 is 0 Å². The standard InChI is InChI=1S/C17H15ClF2N2O3/c1-25-17(24)10-2-4-12(18)15(8-10)21-7-6-16(23)22-11-3-5-13(19)14(20)9-11/h2-5,8-9,21H,6-7H2,1H3,(H,22,23). The molecule has 0 spiro atoms. The van der Waals surface area contributed by atoms with Crippen LogP contribution in [0.2, 0.25) is 5.02 Å². The minimum Gasteiger partial charge on any atom is -0.465 e. The zero-order chi connectivity index (χ0) is 18.4. The maximum atomic E-state index is 13.1. The van der Waals surface area contributed by atoms with Crippen LogP contribution in [0.3, 0.4) is 0 Å². The molecule has 25 heavy (non-hydrogen) atoms. The largest absolute Gasteiger partial charge is 0.465 e. The van der Waals surface area contributed by atoms with E-state index in [1.54, 1.807) is 0 Å². The number of anilines is 2. The molecule has 5 nitrogen and oxygen atoms in total. The summed E-state index contributed by atoms with van der Waals surface area (Å²) in [5.41, 5.74) is 0.959. The maximum absolute atomic E-state index is 13.1. The highest BCUT2D eigenvalue weighted by molar-refractivity contribution is 6.33. The van der Waals surface area contributed by atoms with E-state index in [2.05, 4.69) is 15.4 Å². The minimum atomic E-state index is -1.04. The van der Waals surface area contributed by atoms with Crippen molar-refractivity contribution >= 4 is 34.9 Å². The lowest BCUT2D eigenvalue weighted by molar-refractivity contribution is -0.115. The molecule has 0 saturated heterocycles. The lowest BCUT2D eigenvalue weighted by atomic mass is 10.2. The number of halogens is 3. The second-order valence-corrected chi connectivity index (χ2v) is 5.45. The molecule has 0 aliphatic rings. The first-order valence-electron chi connectivity index (χ1n) is 7.27. The van der Waals surface area contributed by atoms with E-state index in [-0.39, 0.29) is 18.7 Å². The Labute approximate surface area is 147 Å². The third kappa shape index (κ3) is 5.15. The predicted molar refractivity (Wildman–Crippen MR) is 90.9 cm³/mol. The first-order chi connectivity index (χ1) is 11.9. The number of carbonyl (C=O) groups is 2. The minimum absolute atomic E-state index is 0.0533. The number of carbonyl (C=O) groups excluding carboxylic acids is 2. The molecule has 0 radical (unpaired) electrons. The highest BCUT2D eigenvalue weighted by Crippen LogP contribution is 2.23. The number of nitrogens with one attached hydrogen (secondary N) is 2. The van der Waals surface area contributed by atoms with Gasteiger partial charge in [-0.1, -0.05) is 11.6 Å². The molecular weight excluding hydrogens is 354 g/mol. The summed E-state index contributed by atoms with van der Waals surface area (Å²) in [5, 5.41) is 5.77. The van der Waals surface area contributed by atoms with Gasteiger partial charge in [0, 0.05) is 24.7 Å². The smallest absolute Gasteiger partial charge is 0.337 e. The average Bonchev–Trinajstić information content (AvgIpc) is 2.59. The van der Waals surface area contributed by atoms with Gasteiger partial charge < -0.3 is 15.4 Å². The Morgan fingerprint density at radius 2 is 1.88 bits per heavy atom. The second-order valence-electron chi connectivity index (χ2n) is 5.04. The van der Waals surface area contributed by atoms with Crippen LogP contribution in [-0.2, 0) is 9.53 Å². The molecule has 2 N–H and O–H groups in total. The maximum Gasteiger partial charge on any atom is 0.337 e. The lowest BCUT2D eigenvalue weighted by Gasteiger charge is -2.10. The molecule has 0 bridgehead atoms. The summed E-state index contributed by atoms with van der Waals surface area (Å²) in [5.74, 6) is -2.92. The van der Waals surface area contributed by atoms with Gasteiger partial charge in [0.2, 0.25) is 5.91 Å². The molecule has 2 aromatic rings. The number of methoxy groups -OCH3 is 1. The molecule has 0 unspecified atom stereocenters. The van der Waals surface area contributed by atoms with Crippen molar-refractivity contribution in [3.8, 4) is 0 Å². The van der Waals surface area contributed by atoms with Crippen LogP contribution >= 0.6 is 11.6 Å². The van der Waals surface area contributed by atoms with Gasteiger partial charge in [0.15, 0.2) is 11.6 Å². The lowest BCUT2D eigenvalue weighted by Crippen LogP contribution is -2.16. The number of hydrogen-bond acceptors (Lipinski definition) is 4. The molecule has 1 amide bonds. The Kier molecular flexibility index (Phi) is 6.30. The number of ether oxygens (including phenoxy) is 1. The van der Waals surface area contributed by atoms with Gasteiger partial charge in [-0.15, -0.1) is 0 Å². The fourth-order valence-corrected chi connectivity index (χ4v) is 2.20. The Morgan fingerprint density at radius 1 is 1.12 bits per heavy atom. The van der Waals surface area contributed by atoms with Gasteiger partial charge in [-0.25, -0.2) is 13.6 Å². The van der Waals surface area contributed by atoms with Crippen molar-refractivity contribution in [3.63, 3.8) is 0 Å². The van der Waals surface area contributed by atoms with E-state index in [1.807, 2.05) is 0 Å². The van der Waals surface area contributed by atoms with Crippen LogP contribution in [0, 0.1) is 11.6 Å². The molecule has 0 saturated carbocycles. The normalized spacial score (nSPS) is 10.2. The number of hydrogen-bond donors (Lipinski definition) is 2. The van der Waals surface area contributed by atoms with Gasteiger partial charge in [0.25, 0.3) is 0 Å². The van der Waals surface area contributed by atoms with Crippen molar-refractivity contribution < 1.29 is 23.1 Å². The van der Waals surface area contributed by atoms with Crippen LogP contribution in [0.5, 0.6) is 0 Å². The van der Waals surface area contributed by atoms with E-state index in [0.717, 1.165) is 12.1 Å². The zero-order valence-electron chi connectivity index (χ0n) is 13.2. The molecular formula is C17H15ClF2N2O3. The molecule has 0 fully saturated rings. The van der Waals surface area contributed by atoms with Gasteiger partial charge >= 0.3 is 5.97 Å². The fourth-order valence-electron chi connectivity index (χ4n) is 2.01. The summed E-state index contributed by atoms with van der Waals surface area (Å²) < 4.78 is 30.6. The number of esters is 1. The van der Waals surface area contributed by atoms with Gasteiger partial charge in [-0.3, -0.25) is 4.79 Å². The van der Waals surface area contributed by atoms with Gasteiger partial charge in [0.1, 0.15) is 0 Å². The summed E-state index contributed by atoms with van der Waals surface area (Å²) in [6, 6.07) is 7.67. The van der Waals surface area contributed by atoms with E-state index < -0.39 is 23.5 Å². The third-order valence-corrected chi connectivity index (χ3v) is 3.59. The SMILES string of the molecule is COC(=O)c1ccc(Cl)c(NCCC(=O)Nc2ccc(F)c(F)c2)c1. The van der Waals surface area contributed by atoms with E-state index in [0.29, 0.717) is 16.3 Å². The van der Waals surface area contributed by atoms with Gasteiger partial charge in [-0.2, -0.15) is 0 Å². The Bertz CT molecular complexity index is 799. The van der Waals surface area contributed by atoms with Crippen LogP contribution < -0.4 is 10.6 Å². The van der Waals surface area contributed by atoms with Crippen molar-refractivity contribution in [3.05, 3.63) is 58.6 Å². The number of amides is 1. The highest BCUT2D eigenvalue weighted by atomic mass is 35.5. The first kappa shape index (κ1) is 18.7. The molecule has 0 aliphatic heterocycles. The molecule has 2 rings (SSSR count). The van der Waals surface area contributed by atoms with Crippen LogP contribution in [0.25, 0.3) is 0 Å². The monoisotopic (exact) mass is 368 g/mol. The summed E-state index contributed by atoms with van der Waals surface area (Å²) in [4.78, 5) is 23.3. The predicted octanol–water partition coefficient (Wildman–Crippen LogP) is 3.85.